The second-order valence-electron chi connectivity index (χ2n) is 4.55. The van der Waals surface area contributed by atoms with Crippen LogP contribution >= 0.6 is 0 Å². The van der Waals surface area contributed by atoms with Crippen molar-refractivity contribution in [2.24, 2.45) is 0 Å². The lowest BCUT2D eigenvalue weighted by atomic mass is 10.1. The number of nitrogens with one attached hydrogen (secondary N) is 1. The summed E-state index contributed by atoms with van der Waals surface area (Å²) in [4.78, 5) is 21.7. The first-order valence-electron chi connectivity index (χ1n) is 6.29. The van der Waals surface area contributed by atoms with Crippen LogP contribution in [0.3, 0.4) is 0 Å². The molecule has 0 bridgehead atoms. The van der Waals surface area contributed by atoms with E-state index in [1.54, 1.807) is 0 Å². The zero-order valence-corrected chi connectivity index (χ0v) is 11.2. The van der Waals surface area contributed by atoms with Gasteiger partial charge in [0.1, 0.15) is 5.69 Å². The van der Waals surface area contributed by atoms with Crippen molar-refractivity contribution in [3.8, 4) is 11.6 Å². The quantitative estimate of drug-likeness (QED) is 0.759. The molecule has 2 heterocycles. The minimum Gasteiger partial charge on any atom is -0.476 e. The molecule has 0 aliphatic carbocycles. The van der Waals surface area contributed by atoms with Crippen molar-refractivity contribution in [2.75, 3.05) is 0 Å². The summed E-state index contributed by atoms with van der Waals surface area (Å²) in [5.74, 6) is -0.538. The van der Waals surface area contributed by atoms with Gasteiger partial charge >= 0.3 is 5.97 Å². The summed E-state index contributed by atoms with van der Waals surface area (Å²) in [5, 5.41) is 12.9. The third-order valence-electron chi connectivity index (χ3n) is 3.13. The van der Waals surface area contributed by atoms with Crippen LogP contribution in [0.1, 0.15) is 27.4 Å². The SMILES string of the molecule is Cc1ccccc1Cc1noc(-c2[nH]cnc2C(=O)O)n1. The van der Waals surface area contributed by atoms with Crippen molar-refractivity contribution in [1.29, 1.82) is 0 Å². The first-order valence-corrected chi connectivity index (χ1v) is 6.29. The molecule has 7 heteroatoms. The highest BCUT2D eigenvalue weighted by atomic mass is 16.5. The summed E-state index contributed by atoms with van der Waals surface area (Å²) in [6, 6.07) is 7.91. The van der Waals surface area contributed by atoms with Crippen LogP contribution in [-0.4, -0.2) is 31.2 Å². The number of nitrogens with zero attached hydrogens (tertiary/aromatic N) is 3. The molecule has 3 aromatic rings. The van der Waals surface area contributed by atoms with E-state index in [9.17, 15) is 4.79 Å². The maximum Gasteiger partial charge on any atom is 0.356 e. The Hall–Kier alpha value is -2.96. The van der Waals surface area contributed by atoms with Gasteiger partial charge in [-0.1, -0.05) is 29.4 Å². The zero-order chi connectivity index (χ0) is 14.8. The highest BCUT2D eigenvalue weighted by Crippen LogP contribution is 2.19. The number of H-pyrrole nitrogens is 1. The van der Waals surface area contributed by atoms with Gasteiger partial charge in [0.05, 0.1) is 6.33 Å². The number of benzene rings is 1. The van der Waals surface area contributed by atoms with E-state index in [4.69, 9.17) is 9.63 Å². The van der Waals surface area contributed by atoms with Gasteiger partial charge < -0.3 is 14.6 Å². The smallest absolute Gasteiger partial charge is 0.356 e. The first kappa shape index (κ1) is 13.0. The molecule has 0 fully saturated rings. The van der Waals surface area contributed by atoms with E-state index in [0.717, 1.165) is 11.1 Å². The molecule has 0 radical (unpaired) electrons. The van der Waals surface area contributed by atoms with E-state index in [1.807, 2.05) is 31.2 Å². The molecular weight excluding hydrogens is 272 g/mol. The molecule has 2 N–H and O–H groups in total. The number of carboxylic acid groups (broad SMARTS) is 1. The van der Waals surface area contributed by atoms with E-state index < -0.39 is 5.97 Å². The van der Waals surface area contributed by atoms with Gasteiger partial charge in [0.15, 0.2) is 11.5 Å². The lowest BCUT2D eigenvalue weighted by molar-refractivity contribution is 0.0691. The lowest BCUT2D eigenvalue weighted by Gasteiger charge is -2.00. The second kappa shape index (κ2) is 5.20. The summed E-state index contributed by atoms with van der Waals surface area (Å²) < 4.78 is 5.12. The number of aromatic carboxylic acids is 1. The Morgan fingerprint density at radius 3 is 2.95 bits per heavy atom. The normalized spacial score (nSPS) is 10.7. The van der Waals surface area contributed by atoms with Crippen LogP contribution in [0.4, 0.5) is 0 Å². The van der Waals surface area contributed by atoms with E-state index in [1.165, 1.54) is 6.33 Å². The first-order chi connectivity index (χ1) is 10.1. The average molecular weight is 284 g/mol. The molecule has 2 aromatic heterocycles. The number of carbonyl (C=O) groups is 1. The Kier molecular flexibility index (Phi) is 3.23. The molecule has 7 nitrogen and oxygen atoms in total. The number of aromatic amines is 1. The van der Waals surface area contributed by atoms with Gasteiger partial charge in [-0.2, -0.15) is 4.98 Å². The topological polar surface area (TPSA) is 105 Å². The third kappa shape index (κ3) is 2.53. The molecule has 21 heavy (non-hydrogen) atoms. The van der Waals surface area contributed by atoms with Gasteiger partial charge in [0, 0.05) is 6.42 Å². The number of aromatic nitrogens is 4. The summed E-state index contributed by atoms with van der Waals surface area (Å²) in [7, 11) is 0. The van der Waals surface area contributed by atoms with E-state index >= 15 is 0 Å². The molecule has 3 rings (SSSR count). The summed E-state index contributed by atoms with van der Waals surface area (Å²) >= 11 is 0. The minimum absolute atomic E-state index is 0.119. The maximum absolute atomic E-state index is 11.0. The molecule has 0 aliphatic rings. The van der Waals surface area contributed by atoms with Crippen LogP contribution in [0.25, 0.3) is 11.6 Å². The highest BCUT2D eigenvalue weighted by molar-refractivity contribution is 5.91. The standard InChI is InChI=1S/C14H12N4O3/c1-8-4-2-3-5-9(8)6-10-17-13(21-18-10)11-12(14(19)20)16-7-15-11/h2-5,7H,6H2,1H3,(H,15,16)(H,19,20). The predicted octanol–water partition coefficient (Wildman–Crippen LogP) is 2.06. The van der Waals surface area contributed by atoms with Gasteiger partial charge in [-0.25, -0.2) is 9.78 Å². The zero-order valence-electron chi connectivity index (χ0n) is 11.2. The lowest BCUT2D eigenvalue weighted by Crippen LogP contribution is -1.99. The highest BCUT2D eigenvalue weighted by Gasteiger charge is 2.20. The largest absolute Gasteiger partial charge is 0.476 e. The van der Waals surface area contributed by atoms with Gasteiger partial charge in [-0.3, -0.25) is 0 Å². The summed E-state index contributed by atoms with van der Waals surface area (Å²) in [6.45, 7) is 2.01. The van der Waals surface area contributed by atoms with Crippen LogP contribution in [0.5, 0.6) is 0 Å². The van der Waals surface area contributed by atoms with Crippen molar-refractivity contribution < 1.29 is 14.4 Å². The van der Waals surface area contributed by atoms with Crippen molar-refractivity contribution in [3.05, 3.63) is 53.2 Å². The Morgan fingerprint density at radius 2 is 2.19 bits per heavy atom. The predicted molar refractivity (Wildman–Crippen MR) is 72.8 cm³/mol. The molecule has 0 spiro atoms. The molecule has 0 saturated carbocycles. The van der Waals surface area contributed by atoms with Crippen molar-refractivity contribution in [1.82, 2.24) is 20.1 Å². The Morgan fingerprint density at radius 1 is 1.38 bits per heavy atom. The van der Waals surface area contributed by atoms with Crippen molar-refractivity contribution >= 4 is 5.97 Å². The molecule has 0 saturated heterocycles. The molecule has 1 aromatic carbocycles. The summed E-state index contributed by atoms with van der Waals surface area (Å²) in [5.41, 5.74) is 2.30. The van der Waals surface area contributed by atoms with Gasteiger partial charge in [-0.05, 0) is 18.1 Å². The molecule has 0 atom stereocenters. The number of carboxylic acids is 1. The number of imidazole rings is 1. The molecule has 0 unspecified atom stereocenters. The molecule has 106 valence electrons. The Balaban J connectivity index is 1.89. The molecule has 0 amide bonds. The van der Waals surface area contributed by atoms with E-state index in [2.05, 4.69) is 20.1 Å². The van der Waals surface area contributed by atoms with Crippen LogP contribution in [0.15, 0.2) is 35.1 Å². The maximum atomic E-state index is 11.0. The van der Waals surface area contributed by atoms with Crippen LogP contribution in [0, 0.1) is 6.92 Å². The van der Waals surface area contributed by atoms with Crippen LogP contribution in [0.2, 0.25) is 0 Å². The summed E-state index contributed by atoms with van der Waals surface area (Å²) in [6.07, 6.45) is 1.80. The molecular formula is C14H12N4O3. The monoisotopic (exact) mass is 284 g/mol. The second-order valence-corrected chi connectivity index (χ2v) is 4.55. The Labute approximate surface area is 119 Å². The number of rotatable bonds is 4. The van der Waals surface area contributed by atoms with Crippen molar-refractivity contribution in [3.63, 3.8) is 0 Å². The Bertz CT molecular complexity index is 791. The van der Waals surface area contributed by atoms with E-state index in [0.29, 0.717) is 12.2 Å². The third-order valence-corrected chi connectivity index (χ3v) is 3.13. The minimum atomic E-state index is -1.15. The number of aryl methyl sites for hydroxylation is 1. The van der Waals surface area contributed by atoms with Gasteiger partial charge in [0.25, 0.3) is 5.89 Å². The fourth-order valence-electron chi connectivity index (χ4n) is 2.03. The fraction of sp³-hybridized carbons (Fsp3) is 0.143. The van der Waals surface area contributed by atoms with Crippen molar-refractivity contribution in [2.45, 2.75) is 13.3 Å². The van der Waals surface area contributed by atoms with Crippen LogP contribution < -0.4 is 0 Å². The number of hydrogen-bond acceptors (Lipinski definition) is 5. The average Bonchev–Trinajstić information content (AvgIpc) is 3.09. The van der Waals surface area contributed by atoms with Gasteiger partial charge in [-0.15, -0.1) is 0 Å². The van der Waals surface area contributed by atoms with Crippen LogP contribution in [-0.2, 0) is 6.42 Å². The molecule has 0 aliphatic heterocycles. The van der Waals surface area contributed by atoms with E-state index in [-0.39, 0.29) is 17.3 Å². The van der Waals surface area contributed by atoms with Gasteiger partial charge in [0.2, 0.25) is 0 Å². The fourth-order valence-corrected chi connectivity index (χ4v) is 2.03. The number of hydrogen-bond donors (Lipinski definition) is 2.